The summed E-state index contributed by atoms with van der Waals surface area (Å²) in [6.45, 7) is 5.97. The van der Waals surface area contributed by atoms with E-state index in [-0.39, 0.29) is 0 Å². The van der Waals surface area contributed by atoms with Gasteiger partial charge in [0, 0.05) is 9.31 Å². The first-order valence-electron chi connectivity index (χ1n) is 3.16. The molecule has 1 unspecified atom stereocenters. The Morgan fingerprint density at radius 2 is 2.22 bits per heavy atom. The van der Waals surface area contributed by atoms with Crippen LogP contribution in [0.4, 0.5) is 0 Å². The highest BCUT2D eigenvalue weighted by molar-refractivity contribution is 9.14. The first kappa shape index (κ1) is 9.70. The summed E-state index contributed by atoms with van der Waals surface area (Å²) in [6, 6.07) is 0. The molecule has 0 saturated heterocycles. The van der Waals surface area contributed by atoms with Crippen LogP contribution < -0.4 is 0 Å². The number of hydrogen-bond donors (Lipinski definition) is 0. The number of alkyl halides is 1. The predicted molar refractivity (Wildman–Crippen MR) is 50.3 cm³/mol. The third kappa shape index (κ3) is 5.16. The maximum Gasteiger partial charge on any atom is 0.0455 e. The van der Waals surface area contributed by atoms with Crippen LogP contribution in [0, 0.1) is 0 Å². The Morgan fingerprint density at radius 1 is 1.67 bits per heavy atom. The molecule has 0 bridgehead atoms. The van der Waals surface area contributed by atoms with E-state index < -0.39 is 0 Å². The Balaban J connectivity index is 3.27. The van der Waals surface area contributed by atoms with E-state index in [1.54, 1.807) is 0 Å². The van der Waals surface area contributed by atoms with Gasteiger partial charge in [0.25, 0.3) is 0 Å². The van der Waals surface area contributed by atoms with E-state index in [2.05, 4.69) is 45.4 Å². The van der Waals surface area contributed by atoms with E-state index in [1.165, 1.54) is 19.3 Å². The normalized spacial score (nSPS) is 13.2. The topological polar surface area (TPSA) is 0 Å². The molecule has 9 heavy (non-hydrogen) atoms. The van der Waals surface area contributed by atoms with Gasteiger partial charge in [-0.2, -0.15) is 0 Å². The second-order valence-electron chi connectivity index (χ2n) is 2.06. The number of allylic oxidation sites excluding steroid dienone is 1. The number of hydrogen-bond acceptors (Lipinski definition) is 0. The van der Waals surface area contributed by atoms with E-state index in [9.17, 15) is 0 Å². The van der Waals surface area contributed by atoms with E-state index in [0.29, 0.717) is 4.83 Å². The zero-order valence-corrected chi connectivity index (χ0v) is 8.83. The minimum Gasteiger partial charge on any atom is -0.0877 e. The Labute approximate surface area is 74.0 Å². The molecule has 0 aliphatic rings. The van der Waals surface area contributed by atoms with Crippen LogP contribution in [0.25, 0.3) is 0 Å². The van der Waals surface area contributed by atoms with Gasteiger partial charge in [-0.3, -0.25) is 0 Å². The fraction of sp³-hybridized carbons (Fsp3) is 0.714. The molecule has 0 amide bonds. The van der Waals surface area contributed by atoms with Crippen molar-refractivity contribution in [2.24, 2.45) is 0 Å². The van der Waals surface area contributed by atoms with Crippen molar-refractivity contribution in [3.05, 3.63) is 11.1 Å². The van der Waals surface area contributed by atoms with Gasteiger partial charge in [-0.05, 0) is 6.42 Å². The highest BCUT2D eigenvalue weighted by Gasteiger charge is 2.03. The van der Waals surface area contributed by atoms with E-state index in [4.69, 9.17) is 0 Å². The molecule has 0 fully saturated rings. The molecule has 0 aromatic rings. The largest absolute Gasteiger partial charge is 0.0877 e. The lowest BCUT2D eigenvalue weighted by molar-refractivity contribution is 0.741. The first-order valence-corrected chi connectivity index (χ1v) is 4.87. The van der Waals surface area contributed by atoms with Crippen molar-refractivity contribution in [3.63, 3.8) is 0 Å². The smallest absolute Gasteiger partial charge is 0.0455 e. The quantitative estimate of drug-likeness (QED) is 0.670. The fourth-order valence-corrected chi connectivity index (χ4v) is 1.09. The molecule has 0 aliphatic carbocycles. The Bertz CT molecular complexity index is 88.9. The standard InChI is InChI=1S/C7H12Br2/c1-3-4-5-7(9)6(2)8/h7H,2-5H2,1H3. The molecule has 1 atom stereocenters. The highest BCUT2D eigenvalue weighted by Crippen LogP contribution is 2.21. The second-order valence-corrected chi connectivity index (χ2v) is 4.18. The van der Waals surface area contributed by atoms with Crippen LogP contribution in [0.15, 0.2) is 11.1 Å². The van der Waals surface area contributed by atoms with Gasteiger partial charge in [-0.1, -0.05) is 58.2 Å². The number of unbranched alkanes of at least 4 members (excludes halogenated alkanes) is 1. The Hall–Kier alpha value is 0.700. The van der Waals surface area contributed by atoms with Crippen molar-refractivity contribution in [3.8, 4) is 0 Å². The molecule has 2 heteroatoms. The van der Waals surface area contributed by atoms with E-state index >= 15 is 0 Å². The van der Waals surface area contributed by atoms with Gasteiger partial charge in [-0.15, -0.1) is 0 Å². The molecule has 0 spiro atoms. The van der Waals surface area contributed by atoms with Crippen LogP contribution in [-0.4, -0.2) is 4.83 Å². The lowest BCUT2D eigenvalue weighted by atomic mass is 10.2. The third-order valence-corrected chi connectivity index (χ3v) is 3.33. The fourth-order valence-electron chi connectivity index (χ4n) is 0.540. The summed E-state index contributed by atoms with van der Waals surface area (Å²) in [6.07, 6.45) is 3.70. The zero-order valence-electron chi connectivity index (χ0n) is 5.66. The summed E-state index contributed by atoms with van der Waals surface area (Å²) in [4.78, 5) is 0.456. The van der Waals surface area contributed by atoms with Gasteiger partial charge >= 0.3 is 0 Å². The van der Waals surface area contributed by atoms with Gasteiger partial charge in [0.2, 0.25) is 0 Å². The minimum atomic E-state index is 0.456. The molecule has 0 aromatic heterocycles. The summed E-state index contributed by atoms with van der Waals surface area (Å²) in [7, 11) is 0. The predicted octanol–water partition coefficient (Wildman–Crippen LogP) is 3.85. The summed E-state index contributed by atoms with van der Waals surface area (Å²) in [5.74, 6) is 0. The van der Waals surface area contributed by atoms with Gasteiger partial charge in [0.15, 0.2) is 0 Å². The van der Waals surface area contributed by atoms with Crippen LogP contribution in [0.5, 0.6) is 0 Å². The molecule has 0 aliphatic heterocycles. The number of rotatable bonds is 4. The molecule has 0 nitrogen and oxygen atoms in total. The van der Waals surface area contributed by atoms with Crippen LogP contribution in [0.1, 0.15) is 26.2 Å². The molecule has 54 valence electrons. The maximum absolute atomic E-state index is 3.78. The van der Waals surface area contributed by atoms with Crippen molar-refractivity contribution in [2.75, 3.05) is 0 Å². The molecular weight excluding hydrogens is 244 g/mol. The lowest BCUT2D eigenvalue weighted by Gasteiger charge is -2.04. The van der Waals surface area contributed by atoms with Crippen LogP contribution in [-0.2, 0) is 0 Å². The average molecular weight is 256 g/mol. The Morgan fingerprint density at radius 3 is 2.56 bits per heavy atom. The summed E-state index contributed by atoms with van der Waals surface area (Å²) in [5, 5.41) is 0. The molecule has 0 rings (SSSR count). The average Bonchev–Trinajstić information content (AvgIpc) is 1.82. The van der Waals surface area contributed by atoms with Gasteiger partial charge in [-0.25, -0.2) is 0 Å². The summed E-state index contributed by atoms with van der Waals surface area (Å²) < 4.78 is 1.05. The number of halogens is 2. The molecule has 0 N–H and O–H groups in total. The van der Waals surface area contributed by atoms with Gasteiger partial charge < -0.3 is 0 Å². The summed E-state index contributed by atoms with van der Waals surface area (Å²) in [5.41, 5.74) is 0. The SMILES string of the molecule is C=C(Br)C(Br)CCCC. The molecular formula is C7H12Br2. The van der Waals surface area contributed by atoms with Gasteiger partial charge in [0.05, 0.1) is 0 Å². The molecule has 0 saturated carbocycles. The van der Waals surface area contributed by atoms with Crippen LogP contribution in [0.3, 0.4) is 0 Å². The summed E-state index contributed by atoms with van der Waals surface area (Å²) >= 11 is 6.83. The van der Waals surface area contributed by atoms with Crippen LogP contribution >= 0.6 is 31.9 Å². The monoisotopic (exact) mass is 254 g/mol. The molecule has 0 aromatic carbocycles. The van der Waals surface area contributed by atoms with Crippen molar-refractivity contribution in [2.45, 2.75) is 31.0 Å². The van der Waals surface area contributed by atoms with Crippen LogP contribution in [0.2, 0.25) is 0 Å². The lowest BCUT2D eigenvalue weighted by Crippen LogP contribution is -1.94. The second kappa shape index (κ2) is 5.48. The van der Waals surface area contributed by atoms with Crippen molar-refractivity contribution < 1.29 is 0 Å². The minimum absolute atomic E-state index is 0.456. The maximum atomic E-state index is 3.78. The molecule has 0 heterocycles. The van der Waals surface area contributed by atoms with Crippen molar-refractivity contribution in [1.82, 2.24) is 0 Å². The third-order valence-electron chi connectivity index (χ3n) is 1.15. The Kier molecular flexibility index (Phi) is 5.91. The zero-order chi connectivity index (χ0) is 7.28. The van der Waals surface area contributed by atoms with E-state index in [1.807, 2.05) is 0 Å². The molecule has 0 radical (unpaired) electrons. The highest BCUT2D eigenvalue weighted by atomic mass is 79.9. The van der Waals surface area contributed by atoms with Gasteiger partial charge in [0.1, 0.15) is 0 Å². The van der Waals surface area contributed by atoms with Crippen molar-refractivity contribution in [1.29, 1.82) is 0 Å². The first-order chi connectivity index (χ1) is 4.18. The van der Waals surface area contributed by atoms with E-state index in [0.717, 1.165) is 4.48 Å². The van der Waals surface area contributed by atoms with Crippen molar-refractivity contribution >= 4 is 31.9 Å².